The minimum atomic E-state index is -3.76. The highest BCUT2D eigenvalue weighted by Crippen LogP contribution is 2.35. The first kappa shape index (κ1) is 19.6. The van der Waals surface area contributed by atoms with Crippen LogP contribution in [0.4, 0.5) is 11.4 Å². The fourth-order valence-electron chi connectivity index (χ4n) is 2.66. The van der Waals surface area contributed by atoms with Crippen LogP contribution in [0.15, 0.2) is 52.3 Å². The molecule has 1 aliphatic heterocycles. The predicted molar refractivity (Wildman–Crippen MR) is 108 cm³/mol. The van der Waals surface area contributed by atoms with Crippen molar-refractivity contribution in [1.29, 1.82) is 0 Å². The molecule has 3 rings (SSSR count). The van der Waals surface area contributed by atoms with E-state index in [1.807, 2.05) is 13.8 Å². The second-order valence-corrected chi connectivity index (χ2v) is 9.29. The zero-order valence-electron chi connectivity index (χ0n) is 15.4. The van der Waals surface area contributed by atoms with Crippen LogP contribution in [0.5, 0.6) is 5.75 Å². The number of amides is 1. The number of nitrogens with zero attached hydrogens (tertiary/aromatic N) is 1. The van der Waals surface area contributed by atoms with Crippen molar-refractivity contribution >= 4 is 39.1 Å². The summed E-state index contributed by atoms with van der Waals surface area (Å²) in [6.45, 7) is 4.29. The van der Waals surface area contributed by atoms with Crippen LogP contribution >= 0.6 is 11.8 Å². The summed E-state index contributed by atoms with van der Waals surface area (Å²) in [5, 5.41) is 2.83. The number of anilines is 2. The number of sulfonamides is 1. The molecule has 144 valence electrons. The fraction of sp³-hybridized carbons (Fsp3) is 0.316. The number of rotatable bonds is 5. The van der Waals surface area contributed by atoms with Gasteiger partial charge < -0.3 is 10.1 Å². The number of carbonyl (C=O) groups excluding carboxylic acids is 1. The smallest absolute Gasteiger partial charge is 0.264 e. The van der Waals surface area contributed by atoms with Gasteiger partial charge in [-0.1, -0.05) is 6.92 Å². The molecule has 6 nitrogen and oxygen atoms in total. The summed E-state index contributed by atoms with van der Waals surface area (Å²) in [6, 6.07) is 11.7. The van der Waals surface area contributed by atoms with Crippen molar-refractivity contribution in [2.45, 2.75) is 23.6 Å². The average molecular weight is 407 g/mol. The number of benzene rings is 2. The van der Waals surface area contributed by atoms with Gasteiger partial charge in [-0.3, -0.25) is 9.10 Å². The molecular weight excluding hydrogens is 384 g/mol. The predicted octanol–water partition coefficient (Wildman–Crippen LogP) is 3.59. The third-order valence-corrected chi connectivity index (χ3v) is 7.43. The van der Waals surface area contributed by atoms with Crippen LogP contribution in [0.2, 0.25) is 0 Å². The molecule has 0 bridgehead atoms. The van der Waals surface area contributed by atoms with Crippen molar-refractivity contribution in [3.63, 3.8) is 0 Å². The van der Waals surface area contributed by atoms with Gasteiger partial charge in [0.05, 0.1) is 22.9 Å². The molecule has 2 aromatic carbocycles. The lowest BCUT2D eigenvalue weighted by Crippen LogP contribution is -2.26. The quantitative estimate of drug-likeness (QED) is 0.821. The Bertz CT molecular complexity index is 943. The van der Waals surface area contributed by atoms with E-state index in [0.29, 0.717) is 29.5 Å². The van der Waals surface area contributed by atoms with Crippen molar-refractivity contribution in [3.05, 3.63) is 42.5 Å². The van der Waals surface area contributed by atoms with Crippen LogP contribution in [0.1, 0.15) is 13.8 Å². The molecule has 0 aliphatic carbocycles. The first-order valence-electron chi connectivity index (χ1n) is 8.62. The zero-order chi connectivity index (χ0) is 19.6. The van der Waals surface area contributed by atoms with Gasteiger partial charge in [0.25, 0.3) is 10.0 Å². The van der Waals surface area contributed by atoms with E-state index in [-0.39, 0.29) is 16.7 Å². The van der Waals surface area contributed by atoms with E-state index in [9.17, 15) is 13.2 Å². The van der Waals surface area contributed by atoms with Gasteiger partial charge in [-0.25, -0.2) is 8.42 Å². The molecule has 2 aromatic rings. The number of fused-ring (bicyclic) bond motifs is 1. The van der Waals surface area contributed by atoms with Gasteiger partial charge in [-0.15, -0.1) is 11.8 Å². The summed E-state index contributed by atoms with van der Waals surface area (Å²) in [6.07, 6.45) is 0. The third kappa shape index (κ3) is 4.06. The molecule has 1 heterocycles. The lowest BCUT2D eigenvalue weighted by atomic mass is 10.2. The van der Waals surface area contributed by atoms with Gasteiger partial charge in [-0.2, -0.15) is 0 Å². The van der Waals surface area contributed by atoms with E-state index in [0.717, 1.165) is 4.90 Å². The van der Waals surface area contributed by atoms with Crippen molar-refractivity contribution < 1.29 is 17.9 Å². The number of carbonyl (C=O) groups is 1. The summed E-state index contributed by atoms with van der Waals surface area (Å²) in [5.74, 6) is 1.12. The van der Waals surface area contributed by atoms with E-state index >= 15 is 0 Å². The molecule has 0 saturated heterocycles. The molecule has 1 N–H and O–H groups in total. The van der Waals surface area contributed by atoms with Crippen LogP contribution in [0.25, 0.3) is 0 Å². The number of thioether (sulfide) groups is 1. The Morgan fingerprint density at radius 1 is 1.22 bits per heavy atom. The minimum absolute atomic E-state index is 0.101. The molecule has 0 spiro atoms. The average Bonchev–Trinajstić information content (AvgIpc) is 2.80. The van der Waals surface area contributed by atoms with E-state index < -0.39 is 10.0 Å². The first-order valence-corrected chi connectivity index (χ1v) is 11.0. The topological polar surface area (TPSA) is 75.7 Å². The second kappa shape index (κ2) is 7.82. The lowest BCUT2D eigenvalue weighted by molar-refractivity contribution is -0.118. The molecule has 27 heavy (non-hydrogen) atoms. The molecule has 8 heteroatoms. The Hall–Kier alpha value is -2.19. The van der Waals surface area contributed by atoms with Gasteiger partial charge in [0.15, 0.2) is 0 Å². The molecule has 0 saturated carbocycles. The van der Waals surface area contributed by atoms with Crippen LogP contribution in [-0.4, -0.2) is 33.7 Å². The lowest BCUT2D eigenvalue weighted by Gasteiger charge is -2.20. The maximum absolute atomic E-state index is 13.0. The van der Waals surface area contributed by atoms with E-state index in [2.05, 4.69) is 5.32 Å². The van der Waals surface area contributed by atoms with E-state index in [1.165, 1.54) is 17.4 Å². The van der Waals surface area contributed by atoms with Crippen LogP contribution < -0.4 is 14.4 Å². The van der Waals surface area contributed by atoms with Gasteiger partial charge in [-0.05, 0) is 49.4 Å². The molecule has 0 radical (unpaired) electrons. The summed E-state index contributed by atoms with van der Waals surface area (Å²) in [7, 11) is -2.26. The molecule has 1 amide bonds. The summed E-state index contributed by atoms with van der Waals surface area (Å²) in [5.41, 5.74) is 1.07. The summed E-state index contributed by atoms with van der Waals surface area (Å²) < 4.78 is 32.7. The Morgan fingerprint density at radius 2 is 1.93 bits per heavy atom. The minimum Gasteiger partial charge on any atom is -0.494 e. The monoisotopic (exact) mass is 406 g/mol. The van der Waals surface area contributed by atoms with Gasteiger partial charge in [0.1, 0.15) is 5.75 Å². The van der Waals surface area contributed by atoms with Crippen molar-refractivity contribution in [1.82, 2.24) is 0 Å². The molecule has 0 aromatic heterocycles. The Labute approximate surface area is 164 Å². The Kier molecular flexibility index (Phi) is 5.67. The SMILES string of the molecule is CCOc1ccc(N(C)S(=O)(=O)c2ccc3c(c2)NC(=O)[C@@H](C)CS3)cc1. The van der Waals surface area contributed by atoms with Crippen molar-refractivity contribution in [3.8, 4) is 5.75 Å². The maximum Gasteiger partial charge on any atom is 0.264 e. The van der Waals surface area contributed by atoms with Gasteiger partial charge >= 0.3 is 0 Å². The van der Waals surface area contributed by atoms with Crippen LogP contribution in [0, 0.1) is 5.92 Å². The zero-order valence-corrected chi connectivity index (χ0v) is 17.1. The molecular formula is C19H22N2O4S2. The number of ether oxygens (including phenoxy) is 1. The molecule has 0 fully saturated rings. The first-order chi connectivity index (χ1) is 12.8. The van der Waals surface area contributed by atoms with Crippen LogP contribution in [0.3, 0.4) is 0 Å². The third-order valence-electron chi connectivity index (χ3n) is 4.32. The van der Waals surface area contributed by atoms with Gasteiger partial charge in [0.2, 0.25) is 5.91 Å². The van der Waals surface area contributed by atoms with Crippen molar-refractivity contribution in [2.24, 2.45) is 5.92 Å². The fourth-order valence-corrected chi connectivity index (χ4v) is 4.89. The van der Waals surface area contributed by atoms with Crippen LogP contribution in [-0.2, 0) is 14.8 Å². The molecule has 1 aliphatic rings. The highest BCUT2D eigenvalue weighted by atomic mass is 32.2. The second-order valence-electron chi connectivity index (χ2n) is 6.26. The maximum atomic E-state index is 13.0. The van der Waals surface area contributed by atoms with E-state index in [4.69, 9.17) is 4.74 Å². The number of hydrogen-bond donors (Lipinski definition) is 1. The Balaban J connectivity index is 1.90. The largest absolute Gasteiger partial charge is 0.494 e. The molecule has 1 atom stereocenters. The van der Waals surface area contributed by atoms with E-state index in [1.54, 1.807) is 48.2 Å². The highest BCUT2D eigenvalue weighted by molar-refractivity contribution is 7.99. The Morgan fingerprint density at radius 3 is 2.59 bits per heavy atom. The normalized spacial score (nSPS) is 16.9. The molecule has 0 unspecified atom stereocenters. The van der Waals surface area contributed by atoms with Gasteiger partial charge in [0, 0.05) is 23.6 Å². The summed E-state index contributed by atoms with van der Waals surface area (Å²) >= 11 is 1.55. The number of hydrogen-bond acceptors (Lipinski definition) is 5. The number of nitrogens with one attached hydrogen (secondary N) is 1. The standard InChI is InChI=1S/C19H22N2O4S2/c1-4-25-15-7-5-14(6-8-15)21(3)27(23,24)16-9-10-18-17(11-16)20-19(22)13(2)12-26-18/h5-11,13H,4,12H2,1-3H3,(H,20,22)/t13-/m0/s1. The van der Waals surface area contributed by atoms with Crippen molar-refractivity contribution in [2.75, 3.05) is 29.0 Å². The summed E-state index contributed by atoms with van der Waals surface area (Å²) in [4.78, 5) is 13.1. The highest BCUT2D eigenvalue weighted by Gasteiger charge is 2.25.